The molecule has 6 nitrogen and oxygen atoms in total. The maximum absolute atomic E-state index is 12.9. The lowest BCUT2D eigenvalue weighted by atomic mass is 9.92. The van der Waals surface area contributed by atoms with Crippen LogP contribution in [0.1, 0.15) is 68.3 Å². The summed E-state index contributed by atoms with van der Waals surface area (Å²) in [4.78, 5) is 26.9. The summed E-state index contributed by atoms with van der Waals surface area (Å²) in [6, 6.07) is 6.07. The third kappa shape index (κ3) is 4.17. The van der Waals surface area contributed by atoms with Crippen molar-refractivity contribution in [2.45, 2.75) is 83.1 Å². The molecule has 1 aliphatic carbocycles. The number of hydrogen-bond acceptors (Lipinski definition) is 4. The van der Waals surface area contributed by atoms with Crippen molar-refractivity contribution in [2.75, 3.05) is 0 Å². The topological polar surface area (TPSA) is 70.7 Å². The van der Waals surface area contributed by atoms with Gasteiger partial charge in [-0.1, -0.05) is 26.8 Å². The number of ether oxygens (including phenoxy) is 1. The lowest BCUT2D eigenvalue weighted by Gasteiger charge is -2.34. The van der Waals surface area contributed by atoms with Crippen LogP contribution in [0.4, 0.5) is 0 Å². The Morgan fingerprint density at radius 1 is 1.21 bits per heavy atom. The summed E-state index contributed by atoms with van der Waals surface area (Å²) in [5, 5.41) is 6.41. The molecule has 0 bridgehead atoms. The highest BCUT2D eigenvalue weighted by Gasteiger charge is 2.38. The van der Waals surface area contributed by atoms with Gasteiger partial charge in [0.05, 0.1) is 0 Å². The van der Waals surface area contributed by atoms with E-state index in [9.17, 15) is 9.59 Å². The largest absolute Gasteiger partial charge is 0.489 e. The minimum absolute atomic E-state index is 0.0729. The van der Waals surface area contributed by atoms with Crippen molar-refractivity contribution in [3.05, 3.63) is 41.6 Å². The van der Waals surface area contributed by atoms with Gasteiger partial charge in [0.2, 0.25) is 5.91 Å². The predicted molar refractivity (Wildman–Crippen MR) is 112 cm³/mol. The molecule has 0 radical (unpaired) electrons. The first-order valence-corrected chi connectivity index (χ1v) is 10.8. The number of amides is 2. The minimum Gasteiger partial charge on any atom is -0.489 e. The maximum Gasteiger partial charge on any atom is 0.255 e. The van der Waals surface area contributed by atoms with E-state index in [-0.39, 0.29) is 17.9 Å². The SMILES string of the molecule is C=C1CCC(N2Cc3cc(O[C@@H]4CCCC[C@H]4NC(C)C)ccc3C2=O)C(=O)N1. The average molecular weight is 398 g/mol. The number of rotatable bonds is 5. The second-order valence-corrected chi connectivity index (χ2v) is 8.77. The van der Waals surface area contributed by atoms with E-state index in [1.54, 1.807) is 4.90 Å². The van der Waals surface area contributed by atoms with Crippen LogP contribution in [0.3, 0.4) is 0 Å². The Morgan fingerprint density at radius 3 is 2.76 bits per heavy atom. The Morgan fingerprint density at radius 2 is 2.00 bits per heavy atom. The van der Waals surface area contributed by atoms with Crippen molar-refractivity contribution in [2.24, 2.45) is 0 Å². The van der Waals surface area contributed by atoms with E-state index in [1.165, 1.54) is 12.8 Å². The molecule has 29 heavy (non-hydrogen) atoms. The zero-order valence-corrected chi connectivity index (χ0v) is 17.4. The lowest BCUT2D eigenvalue weighted by molar-refractivity contribution is -0.126. The highest BCUT2D eigenvalue weighted by Crippen LogP contribution is 2.32. The number of carbonyl (C=O) groups excluding carboxylic acids is 2. The highest BCUT2D eigenvalue weighted by molar-refractivity contribution is 6.01. The number of benzene rings is 1. The summed E-state index contributed by atoms with van der Waals surface area (Å²) >= 11 is 0. The number of hydrogen-bond donors (Lipinski definition) is 2. The van der Waals surface area contributed by atoms with Crippen molar-refractivity contribution in [3.8, 4) is 5.75 Å². The van der Waals surface area contributed by atoms with Gasteiger partial charge in [-0.25, -0.2) is 0 Å². The fourth-order valence-corrected chi connectivity index (χ4v) is 4.74. The minimum atomic E-state index is -0.428. The normalized spacial score (nSPS) is 27.2. The van der Waals surface area contributed by atoms with Crippen LogP contribution in [0.25, 0.3) is 0 Å². The molecular weight excluding hydrogens is 366 g/mol. The molecule has 1 unspecified atom stereocenters. The molecule has 3 aliphatic rings. The number of fused-ring (bicyclic) bond motifs is 1. The molecule has 2 heterocycles. The molecule has 1 aromatic rings. The molecule has 2 aliphatic heterocycles. The Kier molecular flexibility index (Phi) is 5.63. The molecule has 3 atom stereocenters. The second-order valence-electron chi connectivity index (χ2n) is 8.77. The second kappa shape index (κ2) is 8.19. The standard InChI is InChI=1S/C23H31N3O3/c1-14(2)24-19-6-4-5-7-21(19)29-17-9-10-18-16(12-17)13-26(23(18)28)20-11-8-15(3)25-22(20)27/h9-10,12,14,19-21,24H,3-8,11,13H2,1-2H3,(H,25,27)/t19-,20?,21-/m1/s1. The van der Waals surface area contributed by atoms with E-state index in [0.29, 0.717) is 37.0 Å². The molecule has 156 valence electrons. The van der Waals surface area contributed by atoms with Gasteiger partial charge in [0.25, 0.3) is 5.91 Å². The van der Waals surface area contributed by atoms with E-state index < -0.39 is 6.04 Å². The number of carbonyl (C=O) groups is 2. The average Bonchev–Trinajstić information content (AvgIpc) is 2.99. The molecule has 0 aromatic heterocycles. The van der Waals surface area contributed by atoms with Crippen molar-refractivity contribution < 1.29 is 14.3 Å². The summed E-state index contributed by atoms with van der Waals surface area (Å²) in [6.07, 6.45) is 6.05. The van der Waals surface area contributed by atoms with Gasteiger partial charge >= 0.3 is 0 Å². The molecule has 1 saturated heterocycles. The summed E-state index contributed by atoms with van der Waals surface area (Å²) < 4.78 is 6.36. The predicted octanol–water partition coefficient (Wildman–Crippen LogP) is 3.12. The molecule has 2 fully saturated rings. The summed E-state index contributed by atoms with van der Waals surface area (Å²) in [6.45, 7) is 8.60. The smallest absolute Gasteiger partial charge is 0.255 e. The molecular formula is C23H31N3O3. The molecule has 1 aromatic carbocycles. The Hall–Kier alpha value is -2.34. The van der Waals surface area contributed by atoms with Crippen LogP contribution in [0.5, 0.6) is 5.75 Å². The van der Waals surface area contributed by atoms with Gasteiger partial charge in [-0.2, -0.15) is 0 Å². The molecule has 0 spiro atoms. The molecule has 1 saturated carbocycles. The van der Waals surface area contributed by atoms with Gasteiger partial charge in [0.15, 0.2) is 0 Å². The van der Waals surface area contributed by atoms with Crippen LogP contribution in [-0.4, -0.2) is 40.9 Å². The quantitative estimate of drug-likeness (QED) is 0.801. The van der Waals surface area contributed by atoms with E-state index in [0.717, 1.165) is 29.9 Å². The van der Waals surface area contributed by atoms with Crippen LogP contribution in [0.15, 0.2) is 30.5 Å². The van der Waals surface area contributed by atoms with E-state index in [4.69, 9.17) is 4.74 Å². The van der Waals surface area contributed by atoms with Crippen LogP contribution in [0.2, 0.25) is 0 Å². The van der Waals surface area contributed by atoms with Gasteiger partial charge in [0, 0.05) is 29.9 Å². The zero-order chi connectivity index (χ0) is 20.5. The Labute approximate surface area is 172 Å². The maximum atomic E-state index is 12.9. The number of nitrogens with one attached hydrogen (secondary N) is 2. The van der Waals surface area contributed by atoms with Crippen molar-refractivity contribution in [1.82, 2.24) is 15.5 Å². The molecule has 2 amide bonds. The fraction of sp³-hybridized carbons (Fsp3) is 0.565. The van der Waals surface area contributed by atoms with Gasteiger partial charge in [-0.05, 0) is 55.9 Å². The van der Waals surface area contributed by atoms with Crippen LogP contribution in [-0.2, 0) is 11.3 Å². The van der Waals surface area contributed by atoms with Crippen LogP contribution in [0, 0.1) is 0 Å². The third-order valence-corrected chi connectivity index (χ3v) is 6.14. The molecule has 4 rings (SSSR count). The number of piperidine rings is 1. The van der Waals surface area contributed by atoms with Crippen molar-refractivity contribution in [1.29, 1.82) is 0 Å². The highest BCUT2D eigenvalue weighted by atomic mass is 16.5. The molecule has 6 heteroatoms. The summed E-state index contributed by atoms with van der Waals surface area (Å²) in [7, 11) is 0. The van der Waals surface area contributed by atoms with Crippen LogP contribution < -0.4 is 15.4 Å². The Bertz CT molecular complexity index is 820. The Balaban J connectivity index is 1.47. The molecule has 2 N–H and O–H groups in total. The van der Waals surface area contributed by atoms with Gasteiger partial charge < -0.3 is 20.3 Å². The summed E-state index contributed by atoms with van der Waals surface area (Å²) in [5.74, 6) is 0.599. The first kappa shape index (κ1) is 20.0. The number of allylic oxidation sites excluding steroid dienone is 1. The third-order valence-electron chi connectivity index (χ3n) is 6.14. The van der Waals surface area contributed by atoms with E-state index >= 15 is 0 Å². The van der Waals surface area contributed by atoms with Gasteiger partial charge in [-0.3, -0.25) is 9.59 Å². The first-order chi connectivity index (χ1) is 13.9. The van der Waals surface area contributed by atoms with Crippen LogP contribution >= 0.6 is 0 Å². The first-order valence-electron chi connectivity index (χ1n) is 10.8. The summed E-state index contributed by atoms with van der Waals surface area (Å²) in [5.41, 5.74) is 2.34. The van der Waals surface area contributed by atoms with Crippen molar-refractivity contribution in [3.63, 3.8) is 0 Å². The monoisotopic (exact) mass is 397 g/mol. The zero-order valence-electron chi connectivity index (χ0n) is 17.4. The fourth-order valence-electron chi connectivity index (χ4n) is 4.74. The lowest BCUT2D eigenvalue weighted by Crippen LogP contribution is -2.49. The van der Waals surface area contributed by atoms with Gasteiger partial charge in [-0.15, -0.1) is 0 Å². The van der Waals surface area contributed by atoms with E-state index in [2.05, 4.69) is 31.1 Å². The van der Waals surface area contributed by atoms with Gasteiger partial charge in [0.1, 0.15) is 17.9 Å². The van der Waals surface area contributed by atoms with Crippen molar-refractivity contribution >= 4 is 11.8 Å². The van der Waals surface area contributed by atoms with E-state index in [1.807, 2.05) is 18.2 Å². The number of nitrogens with zero attached hydrogens (tertiary/aromatic N) is 1.